The van der Waals surface area contributed by atoms with Crippen molar-refractivity contribution in [3.63, 3.8) is 0 Å². The van der Waals surface area contributed by atoms with Gasteiger partial charge in [-0.15, -0.1) is 0 Å². The van der Waals surface area contributed by atoms with Crippen molar-refractivity contribution >= 4 is 64.0 Å². The van der Waals surface area contributed by atoms with Crippen molar-refractivity contribution < 1.29 is 25.3 Å². The van der Waals surface area contributed by atoms with Gasteiger partial charge in [0.25, 0.3) is 0 Å². The second-order valence-corrected chi connectivity index (χ2v) is 6.35. The first kappa shape index (κ1) is 19.2. The van der Waals surface area contributed by atoms with Crippen molar-refractivity contribution in [3.05, 3.63) is 35.9 Å². The van der Waals surface area contributed by atoms with Gasteiger partial charge in [-0.3, -0.25) is 9.69 Å². The SMILES string of the molecule is C[C@H]1CN(C(=O)OCc2ccccc2)[C@@]1(CC(=O)OI)C(=O)OI. The quantitative estimate of drug-likeness (QED) is 0.516. The first-order chi connectivity index (χ1) is 11.5. The summed E-state index contributed by atoms with van der Waals surface area (Å²) in [6, 6.07) is 9.18. The van der Waals surface area contributed by atoms with E-state index in [1.54, 1.807) is 6.92 Å². The molecule has 0 unspecified atom stereocenters. The minimum Gasteiger partial charge on any atom is -0.445 e. The highest BCUT2D eigenvalue weighted by Gasteiger charge is 2.62. The highest BCUT2D eigenvalue weighted by molar-refractivity contribution is 14.1. The summed E-state index contributed by atoms with van der Waals surface area (Å²) >= 11 is 2.89. The van der Waals surface area contributed by atoms with E-state index in [0.29, 0.717) is 6.54 Å². The highest BCUT2D eigenvalue weighted by atomic mass is 127. The minimum atomic E-state index is -1.39. The average molecular weight is 559 g/mol. The number of nitrogens with zero attached hydrogens (tertiary/aromatic N) is 1. The number of benzene rings is 1. The molecule has 0 spiro atoms. The third-order valence-electron chi connectivity index (χ3n) is 4.10. The van der Waals surface area contributed by atoms with Crippen LogP contribution in [0.2, 0.25) is 0 Å². The first-order valence-corrected chi connectivity index (χ1v) is 8.84. The van der Waals surface area contributed by atoms with Gasteiger partial charge in [0.15, 0.2) is 51.6 Å². The normalized spacial score (nSPS) is 22.3. The molecule has 130 valence electrons. The summed E-state index contributed by atoms with van der Waals surface area (Å²) in [6.45, 7) is 2.15. The van der Waals surface area contributed by atoms with Crippen LogP contribution in [0.3, 0.4) is 0 Å². The van der Waals surface area contributed by atoms with E-state index in [0.717, 1.165) is 5.56 Å². The molecule has 1 aromatic carbocycles. The number of likely N-dealkylation sites (tertiary alicyclic amines) is 1. The largest absolute Gasteiger partial charge is 0.445 e. The molecule has 0 aromatic heterocycles. The molecular formula is C15H15I2NO6. The van der Waals surface area contributed by atoms with E-state index in [1.807, 2.05) is 30.3 Å². The number of carbonyl (C=O) groups is 3. The molecule has 0 N–H and O–H groups in total. The van der Waals surface area contributed by atoms with Crippen molar-refractivity contribution in [2.75, 3.05) is 6.54 Å². The third kappa shape index (κ3) is 3.76. The molecule has 1 aromatic rings. The van der Waals surface area contributed by atoms with E-state index in [-0.39, 0.29) is 18.9 Å². The zero-order valence-corrected chi connectivity index (χ0v) is 17.1. The molecule has 1 aliphatic heterocycles. The lowest BCUT2D eigenvalue weighted by molar-refractivity contribution is -0.167. The standard InChI is InChI=1S/C15H15I2NO6/c1-10-8-18(14(21)22-9-11-5-3-2-4-6-11)15(10,13(20)24-17)7-12(19)23-16/h2-6,10H,7-9H2,1H3/t10-,15+/m0/s1. The minimum absolute atomic E-state index is 0.0800. The summed E-state index contributed by atoms with van der Waals surface area (Å²) in [5.41, 5.74) is -0.565. The van der Waals surface area contributed by atoms with Crippen molar-refractivity contribution in [1.29, 1.82) is 0 Å². The Morgan fingerprint density at radius 2 is 1.88 bits per heavy atom. The van der Waals surface area contributed by atoms with Crippen LogP contribution in [-0.4, -0.2) is 35.0 Å². The van der Waals surface area contributed by atoms with Crippen molar-refractivity contribution in [1.82, 2.24) is 4.90 Å². The van der Waals surface area contributed by atoms with Gasteiger partial charge in [-0.2, -0.15) is 0 Å². The van der Waals surface area contributed by atoms with Gasteiger partial charge in [0.1, 0.15) is 6.61 Å². The number of amides is 1. The number of carbonyl (C=O) groups excluding carboxylic acids is 3. The Balaban J connectivity index is 2.13. The fourth-order valence-corrected chi connectivity index (χ4v) is 3.28. The number of ether oxygens (including phenoxy) is 1. The van der Waals surface area contributed by atoms with E-state index >= 15 is 0 Å². The molecule has 2 atom stereocenters. The summed E-state index contributed by atoms with van der Waals surface area (Å²) in [4.78, 5) is 37.6. The summed E-state index contributed by atoms with van der Waals surface area (Å²) < 4.78 is 14.7. The molecule has 0 aliphatic carbocycles. The second-order valence-electron chi connectivity index (χ2n) is 5.47. The molecule has 1 fully saturated rings. The number of hydrogen-bond acceptors (Lipinski definition) is 6. The number of halogens is 2. The van der Waals surface area contributed by atoms with E-state index in [1.165, 1.54) is 50.9 Å². The highest BCUT2D eigenvalue weighted by Crippen LogP contribution is 2.42. The Kier molecular flexibility index (Phi) is 6.66. The van der Waals surface area contributed by atoms with Gasteiger partial charge in [-0.1, -0.05) is 37.3 Å². The van der Waals surface area contributed by atoms with Gasteiger partial charge < -0.3 is 10.9 Å². The lowest BCUT2D eigenvalue weighted by Crippen LogP contribution is -2.72. The fourth-order valence-electron chi connectivity index (χ4n) is 2.74. The van der Waals surface area contributed by atoms with E-state index in [2.05, 4.69) is 3.07 Å². The predicted molar refractivity (Wildman–Crippen MR) is 100 cm³/mol. The van der Waals surface area contributed by atoms with Gasteiger partial charge in [0, 0.05) is 12.5 Å². The Morgan fingerprint density at radius 1 is 1.21 bits per heavy atom. The maximum atomic E-state index is 12.4. The molecule has 2 rings (SSSR count). The summed E-state index contributed by atoms with van der Waals surface area (Å²) in [5, 5.41) is 0. The molecule has 0 saturated carbocycles. The Labute approximate surface area is 167 Å². The molecule has 1 heterocycles. The van der Waals surface area contributed by atoms with Gasteiger partial charge in [-0.05, 0) is 5.56 Å². The molecule has 1 saturated heterocycles. The third-order valence-corrected chi connectivity index (χ3v) is 4.99. The van der Waals surface area contributed by atoms with Gasteiger partial charge in [-0.25, -0.2) is 9.59 Å². The van der Waals surface area contributed by atoms with Crippen LogP contribution in [0, 0.1) is 5.92 Å². The number of rotatable bonds is 5. The van der Waals surface area contributed by atoms with Crippen molar-refractivity contribution in [2.24, 2.45) is 5.92 Å². The molecular weight excluding hydrogens is 544 g/mol. The molecule has 0 bridgehead atoms. The van der Waals surface area contributed by atoms with Crippen LogP contribution in [0.4, 0.5) is 4.79 Å². The first-order valence-electron chi connectivity index (χ1n) is 7.08. The van der Waals surface area contributed by atoms with Crippen LogP contribution in [0.1, 0.15) is 18.9 Å². The van der Waals surface area contributed by atoms with Crippen LogP contribution in [-0.2, 0) is 27.1 Å². The summed E-state index contributed by atoms with van der Waals surface area (Å²) in [5.74, 6) is -1.52. The van der Waals surface area contributed by atoms with Gasteiger partial charge in [0.05, 0.1) is 6.42 Å². The molecule has 24 heavy (non-hydrogen) atoms. The Hall–Kier alpha value is -1.11. The smallest absolute Gasteiger partial charge is 0.411 e. The summed E-state index contributed by atoms with van der Waals surface area (Å²) in [6.07, 6.45) is -0.945. The monoisotopic (exact) mass is 559 g/mol. The molecule has 0 radical (unpaired) electrons. The molecule has 7 nitrogen and oxygen atoms in total. The molecule has 1 amide bonds. The second kappa shape index (κ2) is 8.32. The maximum absolute atomic E-state index is 12.4. The van der Waals surface area contributed by atoms with Crippen LogP contribution in [0.25, 0.3) is 0 Å². The Morgan fingerprint density at radius 3 is 2.42 bits per heavy atom. The van der Waals surface area contributed by atoms with E-state index in [9.17, 15) is 14.4 Å². The number of hydrogen-bond donors (Lipinski definition) is 0. The zero-order chi connectivity index (χ0) is 17.7. The maximum Gasteiger partial charge on any atom is 0.411 e. The topological polar surface area (TPSA) is 82.1 Å². The van der Waals surface area contributed by atoms with E-state index < -0.39 is 23.6 Å². The van der Waals surface area contributed by atoms with Crippen LogP contribution in [0.5, 0.6) is 0 Å². The lowest BCUT2D eigenvalue weighted by Gasteiger charge is -2.53. The van der Waals surface area contributed by atoms with Gasteiger partial charge in [0.2, 0.25) is 0 Å². The van der Waals surface area contributed by atoms with Gasteiger partial charge >= 0.3 is 18.0 Å². The average Bonchev–Trinajstić information content (AvgIpc) is 2.61. The Bertz CT molecular complexity index is 626. The molecule has 9 heteroatoms. The van der Waals surface area contributed by atoms with Crippen LogP contribution >= 0.6 is 46.0 Å². The van der Waals surface area contributed by atoms with Crippen LogP contribution < -0.4 is 0 Å². The van der Waals surface area contributed by atoms with Crippen molar-refractivity contribution in [2.45, 2.75) is 25.5 Å². The lowest BCUT2D eigenvalue weighted by atomic mass is 9.73. The summed E-state index contributed by atoms with van der Waals surface area (Å²) in [7, 11) is 0. The fraction of sp³-hybridized carbons (Fsp3) is 0.400. The van der Waals surface area contributed by atoms with Crippen LogP contribution in [0.15, 0.2) is 30.3 Å². The molecule has 1 aliphatic rings. The predicted octanol–water partition coefficient (Wildman–Crippen LogP) is 3.19. The van der Waals surface area contributed by atoms with Crippen molar-refractivity contribution in [3.8, 4) is 0 Å². The zero-order valence-electron chi connectivity index (χ0n) is 12.7. The van der Waals surface area contributed by atoms with E-state index in [4.69, 9.17) is 7.80 Å².